The van der Waals surface area contributed by atoms with Gasteiger partial charge in [-0.15, -0.1) is 24.0 Å². The molecule has 6 nitrogen and oxygen atoms in total. The maximum absolute atomic E-state index is 12.1. The van der Waals surface area contributed by atoms with Gasteiger partial charge in [0.2, 0.25) is 5.91 Å². The lowest BCUT2D eigenvalue weighted by Gasteiger charge is -2.17. The van der Waals surface area contributed by atoms with Crippen molar-refractivity contribution in [1.29, 1.82) is 0 Å². The van der Waals surface area contributed by atoms with E-state index in [1.165, 1.54) is 0 Å². The number of likely N-dealkylation sites (tertiary alicyclic amines) is 1. The summed E-state index contributed by atoms with van der Waals surface area (Å²) in [6.07, 6.45) is 2.21. The molecule has 0 saturated carbocycles. The molecular weight excluding hydrogens is 499 g/mol. The van der Waals surface area contributed by atoms with E-state index in [4.69, 9.17) is 4.74 Å². The van der Waals surface area contributed by atoms with Crippen LogP contribution in [0.15, 0.2) is 27.7 Å². The minimum atomic E-state index is 0. The zero-order valence-corrected chi connectivity index (χ0v) is 18.6. The van der Waals surface area contributed by atoms with Crippen LogP contribution in [-0.2, 0) is 11.3 Å². The highest BCUT2D eigenvalue weighted by molar-refractivity contribution is 14.0. The maximum Gasteiger partial charge on any atom is 0.241 e. The molecule has 1 amide bonds. The van der Waals surface area contributed by atoms with Crippen molar-refractivity contribution >= 4 is 51.8 Å². The SMILES string of the molecule is CCNC(=NCc1ccc(OC)c(Br)c1)NCC(=O)N1CCCC1.I. The number of halogens is 2. The number of carbonyl (C=O) groups is 1. The van der Waals surface area contributed by atoms with Crippen LogP contribution in [-0.4, -0.2) is 50.1 Å². The number of guanidine groups is 1. The van der Waals surface area contributed by atoms with Crippen molar-refractivity contribution in [2.24, 2.45) is 4.99 Å². The van der Waals surface area contributed by atoms with Crippen LogP contribution in [0.3, 0.4) is 0 Å². The summed E-state index contributed by atoms with van der Waals surface area (Å²) in [5.74, 6) is 1.58. The third-order valence-electron chi connectivity index (χ3n) is 3.85. The van der Waals surface area contributed by atoms with E-state index in [0.717, 1.165) is 48.3 Å². The highest BCUT2D eigenvalue weighted by atomic mass is 127. The van der Waals surface area contributed by atoms with Crippen molar-refractivity contribution in [3.05, 3.63) is 28.2 Å². The third kappa shape index (κ3) is 7.01. The molecule has 0 bridgehead atoms. The summed E-state index contributed by atoms with van der Waals surface area (Å²) in [5, 5.41) is 6.28. The van der Waals surface area contributed by atoms with Crippen LogP contribution in [0.2, 0.25) is 0 Å². The number of hydrogen-bond donors (Lipinski definition) is 2. The molecule has 0 aliphatic carbocycles. The minimum Gasteiger partial charge on any atom is -0.496 e. The largest absolute Gasteiger partial charge is 0.496 e. The Bertz CT molecular complexity index is 592. The van der Waals surface area contributed by atoms with Gasteiger partial charge in [0.25, 0.3) is 0 Å². The smallest absolute Gasteiger partial charge is 0.241 e. The summed E-state index contributed by atoms with van der Waals surface area (Å²) < 4.78 is 6.13. The zero-order chi connectivity index (χ0) is 17.4. The number of rotatable bonds is 6. The molecule has 1 aliphatic rings. The van der Waals surface area contributed by atoms with Crippen molar-refractivity contribution in [3.8, 4) is 5.75 Å². The van der Waals surface area contributed by atoms with Crippen molar-refractivity contribution < 1.29 is 9.53 Å². The predicted octanol–water partition coefficient (Wildman–Crippen LogP) is 2.75. The highest BCUT2D eigenvalue weighted by Crippen LogP contribution is 2.25. The number of hydrogen-bond acceptors (Lipinski definition) is 3. The topological polar surface area (TPSA) is 66.0 Å². The van der Waals surface area contributed by atoms with E-state index in [1.807, 2.05) is 30.0 Å². The average molecular weight is 525 g/mol. The van der Waals surface area contributed by atoms with Crippen LogP contribution in [0.4, 0.5) is 0 Å². The molecule has 8 heteroatoms. The molecule has 0 unspecified atom stereocenters. The van der Waals surface area contributed by atoms with E-state index in [2.05, 4.69) is 31.6 Å². The van der Waals surface area contributed by atoms with Crippen LogP contribution in [0.25, 0.3) is 0 Å². The maximum atomic E-state index is 12.1. The molecule has 0 atom stereocenters. The predicted molar refractivity (Wildman–Crippen MR) is 115 cm³/mol. The van der Waals surface area contributed by atoms with Gasteiger partial charge < -0.3 is 20.3 Å². The van der Waals surface area contributed by atoms with Gasteiger partial charge in [-0.1, -0.05) is 6.07 Å². The Labute approximate surface area is 174 Å². The number of nitrogens with one attached hydrogen (secondary N) is 2. The van der Waals surface area contributed by atoms with Crippen LogP contribution < -0.4 is 15.4 Å². The molecule has 25 heavy (non-hydrogen) atoms. The van der Waals surface area contributed by atoms with Gasteiger partial charge in [0.1, 0.15) is 5.75 Å². The van der Waals surface area contributed by atoms with Gasteiger partial charge in [0.15, 0.2) is 5.96 Å². The first kappa shape index (κ1) is 22.0. The summed E-state index contributed by atoms with van der Waals surface area (Å²) in [6, 6.07) is 5.87. The first-order valence-corrected chi connectivity index (χ1v) is 9.05. The van der Waals surface area contributed by atoms with Crippen LogP contribution >= 0.6 is 39.9 Å². The molecule has 1 aromatic rings. The van der Waals surface area contributed by atoms with Gasteiger partial charge in [-0.2, -0.15) is 0 Å². The van der Waals surface area contributed by atoms with Gasteiger partial charge in [0, 0.05) is 19.6 Å². The lowest BCUT2D eigenvalue weighted by atomic mass is 10.2. The Morgan fingerprint density at radius 3 is 2.64 bits per heavy atom. The van der Waals surface area contributed by atoms with Crippen LogP contribution in [0.1, 0.15) is 25.3 Å². The average Bonchev–Trinajstić information content (AvgIpc) is 3.12. The normalized spacial score (nSPS) is 14.0. The lowest BCUT2D eigenvalue weighted by molar-refractivity contribution is -0.128. The number of methoxy groups -OCH3 is 1. The number of ether oxygens (including phenoxy) is 1. The van der Waals surface area contributed by atoms with Crippen molar-refractivity contribution in [3.63, 3.8) is 0 Å². The fraction of sp³-hybridized carbons (Fsp3) is 0.529. The van der Waals surface area contributed by atoms with Gasteiger partial charge >= 0.3 is 0 Å². The summed E-state index contributed by atoms with van der Waals surface area (Å²) in [4.78, 5) is 18.5. The van der Waals surface area contributed by atoms with Gasteiger partial charge in [-0.3, -0.25) is 4.79 Å². The van der Waals surface area contributed by atoms with E-state index in [-0.39, 0.29) is 36.4 Å². The van der Waals surface area contributed by atoms with Crippen LogP contribution in [0, 0.1) is 0 Å². The summed E-state index contributed by atoms with van der Waals surface area (Å²) in [7, 11) is 1.64. The Morgan fingerprint density at radius 1 is 1.32 bits per heavy atom. The molecule has 2 rings (SSSR count). The van der Waals surface area contributed by atoms with Crippen molar-refractivity contribution in [2.45, 2.75) is 26.3 Å². The molecule has 1 aromatic carbocycles. The number of aliphatic imine (C=N–C) groups is 1. The Kier molecular flexibility index (Phi) is 10.2. The number of amides is 1. The quantitative estimate of drug-likeness (QED) is 0.341. The highest BCUT2D eigenvalue weighted by Gasteiger charge is 2.17. The molecule has 0 aromatic heterocycles. The molecule has 1 saturated heterocycles. The molecule has 2 N–H and O–H groups in total. The van der Waals surface area contributed by atoms with E-state index in [9.17, 15) is 4.79 Å². The molecule has 1 aliphatic heterocycles. The summed E-state index contributed by atoms with van der Waals surface area (Å²) >= 11 is 3.48. The molecule has 1 fully saturated rings. The van der Waals surface area contributed by atoms with Gasteiger partial charge in [-0.05, 0) is 53.4 Å². The van der Waals surface area contributed by atoms with Gasteiger partial charge in [0.05, 0.1) is 24.7 Å². The Hall–Kier alpha value is -1.03. The molecule has 0 spiro atoms. The van der Waals surface area contributed by atoms with E-state index in [1.54, 1.807) is 7.11 Å². The first-order valence-electron chi connectivity index (χ1n) is 8.26. The van der Waals surface area contributed by atoms with Crippen molar-refractivity contribution in [1.82, 2.24) is 15.5 Å². The summed E-state index contributed by atoms with van der Waals surface area (Å²) in [5.41, 5.74) is 1.06. The van der Waals surface area contributed by atoms with E-state index >= 15 is 0 Å². The van der Waals surface area contributed by atoms with Gasteiger partial charge in [-0.25, -0.2) is 4.99 Å². The van der Waals surface area contributed by atoms with Crippen molar-refractivity contribution in [2.75, 3.05) is 33.3 Å². The number of carbonyl (C=O) groups excluding carboxylic acids is 1. The third-order valence-corrected chi connectivity index (χ3v) is 4.47. The van der Waals surface area contributed by atoms with E-state index in [0.29, 0.717) is 12.5 Å². The first-order chi connectivity index (χ1) is 11.6. The monoisotopic (exact) mass is 524 g/mol. The second-order valence-electron chi connectivity index (χ2n) is 5.61. The minimum absolute atomic E-state index is 0. The zero-order valence-electron chi connectivity index (χ0n) is 14.7. The summed E-state index contributed by atoms with van der Waals surface area (Å²) in [6.45, 7) is 5.29. The molecular formula is C17H26BrIN4O2. The lowest BCUT2D eigenvalue weighted by Crippen LogP contribution is -2.44. The fourth-order valence-corrected chi connectivity index (χ4v) is 3.15. The fourth-order valence-electron chi connectivity index (χ4n) is 2.56. The van der Waals surface area contributed by atoms with E-state index < -0.39 is 0 Å². The second kappa shape index (κ2) is 11.6. The second-order valence-corrected chi connectivity index (χ2v) is 6.46. The number of nitrogens with zero attached hydrogens (tertiary/aromatic N) is 2. The Morgan fingerprint density at radius 2 is 2.04 bits per heavy atom. The van der Waals surface area contributed by atoms with Crippen LogP contribution in [0.5, 0.6) is 5.75 Å². The molecule has 0 radical (unpaired) electrons. The number of benzene rings is 1. The standard InChI is InChI=1S/C17H25BrN4O2.HI/c1-3-19-17(21-12-16(23)22-8-4-5-9-22)20-11-13-6-7-15(24-2)14(18)10-13;/h6-7,10H,3-5,8-9,11-12H2,1-2H3,(H2,19,20,21);1H. The molecule has 140 valence electrons. The Balaban J connectivity index is 0.00000312. The molecule has 1 heterocycles.